The van der Waals surface area contributed by atoms with Gasteiger partial charge in [0, 0.05) is 49.4 Å². The van der Waals surface area contributed by atoms with Gasteiger partial charge in [-0.2, -0.15) is 0 Å². The smallest absolute Gasteiger partial charge is 0.320 e. The van der Waals surface area contributed by atoms with Crippen molar-refractivity contribution in [3.63, 3.8) is 0 Å². The van der Waals surface area contributed by atoms with Gasteiger partial charge in [-0.05, 0) is 83.9 Å². The second kappa shape index (κ2) is 13.3. The van der Waals surface area contributed by atoms with Crippen LogP contribution in [0.15, 0.2) is 23.1 Å². The quantitative estimate of drug-likeness (QED) is 0.380. The van der Waals surface area contributed by atoms with E-state index in [0.29, 0.717) is 16.6 Å². The number of carbonyl (C=O) groups is 1. The highest BCUT2D eigenvalue weighted by molar-refractivity contribution is 7.99. The minimum absolute atomic E-state index is 0.165. The molecule has 0 aliphatic carbocycles. The van der Waals surface area contributed by atoms with Crippen LogP contribution in [0.3, 0.4) is 0 Å². The predicted molar refractivity (Wildman–Crippen MR) is 137 cm³/mol. The van der Waals surface area contributed by atoms with Crippen LogP contribution in [0.5, 0.6) is 0 Å². The van der Waals surface area contributed by atoms with Crippen LogP contribution < -0.4 is 0 Å². The predicted octanol–water partition coefficient (Wildman–Crippen LogP) is 5.41. The molecule has 0 spiro atoms. The molecule has 0 radical (unpaired) electrons. The fourth-order valence-corrected chi connectivity index (χ4v) is 5.68. The van der Waals surface area contributed by atoms with Crippen LogP contribution in [0, 0.1) is 0 Å². The Morgan fingerprint density at radius 3 is 2.00 bits per heavy atom. The zero-order valence-corrected chi connectivity index (χ0v) is 21.9. The molecule has 3 rings (SSSR count). The largest absolute Gasteiger partial charge is 0.322 e. The summed E-state index contributed by atoms with van der Waals surface area (Å²) in [5.41, 5.74) is 0. The molecule has 0 aromatic heterocycles. The summed E-state index contributed by atoms with van der Waals surface area (Å²) in [6.07, 6.45) is 5.13. The molecule has 8 heteroatoms. The minimum atomic E-state index is 0.165. The Morgan fingerprint density at radius 2 is 1.50 bits per heavy atom. The van der Waals surface area contributed by atoms with Gasteiger partial charge in [0.05, 0.1) is 10.0 Å². The Kier molecular flexibility index (Phi) is 10.8. The average Bonchev–Trinajstić information content (AvgIpc) is 3.47. The number of nitrogens with zero attached hydrogens (tertiary/aromatic N) is 4. The van der Waals surface area contributed by atoms with Gasteiger partial charge in [0.1, 0.15) is 0 Å². The summed E-state index contributed by atoms with van der Waals surface area (Å²) in [6, 6.07) is 6.05. The van der Waals surface area contributed by atoms with Gasteiger partial charge in [0.25, 0.3) is 0 Å². The van der Waals surface area contributed by atoms with Gasteiger partial charge in [-0.3, -0.25) is 0 Å². The zero-order chi connectivity index (χ0) is 22.9. The molecule has 2 aliphatic heterocycles. The first-order chi connectivity index (χ1) is 15.4. The van der Waals surface area contributed by atoms with Gasteiger partial charge >= 0.3 is 6.03 Å². The van der Waals surface area contributed by atoms with Gasteiger partial charge in [0.15, 0.2) is 0 Å². The van der Waals surface area contributed by atoms with Crippen molar-refractivity contribution in [2.24, 2.45) is 0 Å². The molecule has 180 valence electrons. The van der Waals surface area contributed by atoms with Crippen LogP contribution in [0.1, 0.15) is 39.5 Å². The van der Waals surface area contributed by atoms with Crippen molar-refractivity contribution in [3.8, 4) is 0 Å². The lowest BCUT2D eigenvalue weighted by atomic mass is 10.3. The van der Waals surface area contributed by atoms with Crippen molar-refractivity contribution in [2.45, 2.75) is 50.5 Å². The lowest BCUT2D eigenvalue weighted by Gasteiger charge is -2.35. The van der Waals surface area contributed by atoms with Crippen molar-refractivity contribution in [2.75, 3.05) is 64.7 Å². The Hall–Kier alpha value is -0.660. The maximum Gasteiger partial charge on any atom is 0.320 e. The molecule has 2 fully saturated rings. The van der Waals surface area contributed by atoms with Crippen molar-refractivity contribution in [1.29, 1.82) is 0 Å². The Labute approximate surface area is 208 Å². The van der Waals surface area contributed by atoms with Crippen LogP contribution in [0.4, 0.5) is 4.79 Å². The number of thioether (sulfide) groups is 1. The maximum atomic E-state index is 13.6. The topological polar surface area (TPSA) is 30.0 Å². The Morgan fingerprint density at radius 1 is 0.938 bits per heavy atom. The number of rotatable bonds is 11. The summed E-state index contributed by atoms with van der Waals surface area (Å²) in [6.45, 7) is 13.2. The van der Waals surface area contributed by atoms with Gasteiger partial charge in [0.2, 0.25) is 0 Å². The molecule has 2 heterocycles. The summed E-state index contributed by atoms with van der Waals surface area (Å²) >= 11 is 13.9. The van der Waals surface area contributed by atoms with Crippen LogP contribution in [0.25, 0.3) is 0 Å². The van der Waals surface area contributed by atoms with Crippen molar-refractivity contribution in [1.82, 2.24) is 19.6 Å². The number of benzene rings is 1. The molecule has 1 aromatic rings. The summed E-state index contributed by atoms with van der Waals surface area (Å²) < 4.78 is 0. The molecule has 1 aromatic carbocycles. The number of carbonyl (C=O) groups excluding carboxylic acids is 1. The van der Waals surface area contributed by atoms with E-state index in [1.807, 2.05) is 23.1 Å². The van der Waals surface area contributed by atoms with E-state index in [1.165, 1.54) is 51.9 Å². The van der Waals surface area contributed by atoms with Crippen molar-refractivity contribution >= 4 is 41.0 Å². The monoisotopic (exact) mass is 500 g/mol. The van der Waals surface area contributed by atoms with E-state index in [1.54, 1.807) is 11.8 Å². The van der Waals surface area contributed by atoms with Crippen molar-refractivity contribution in [3.05, 3.63) is 28.2 Å². The third-order valence-electron chi connectivity index (χ3n) is 6.40. The number of halogens is 2. The van der Waals surface area contributed by atoms with E-state index in [4.69, 9.17) is 23.2 Å². The molecule has 32 heavy (non-hydrogen) atoms. The van der Waals surface area contributed by atoms with Crippen molar-refractivity contribution < 1.29 is 4.79 Å². The van der Waals surface area contributed by atoms with Crippen LogP contribution in [0.2, 0.25) is 10.0 Å². The van der Waals surface area contributed by atoms with Gasteiger partial charge in [-0.25, -0.2) is 4.79 Å². The van der Waals surface area contributed by atoms with E-state index < -0.39 is 0 Å². The summed E-state index contributed by atoms with van der Waals surface area (Å²) in [5.74, 6) is 0.827. The maximum absolute atomic E-state index is 13.6. The SMILES string of the molecule is CC(C)N(CCSc1ccc(Cl)c(Cl)c1)C(=O)N(CCN1CCCC1)CCN1CCCC1. The molecule has 5 nitrogen and oxygen atoms in total. The number of urea groups is 1. The average molecular weight is 502 g/mol. The van der Waals surface area contributed by atoms with E-state index in [0.717, 1.165) is 36.8 Å². The molecule has 0 saturated carbocycles. The molecular weight excluding hydrogens is 463 g/mol. The standard InChI is InChI=1S/C24H38Cl2N4OS/c1-20(2)30(17-18-32-21-7-8-22(25)23(26)19-21)24(31)29(15-13-27-9-3-4-10-27)16-14-28-11-5-6-12-28/h7-8,19-20H,3-6,9-18H2,1-2H3. The zero-order valence-electron chi connectivity index (χ0n) is 19.6. The third kappa shape index (κ3) is 7.98. The molecule has 2 amide bonds. The second-order valence-corrected chi connectivity index (χ2v) is 11.1. The lowest BCUT2D eigenvalue weighted by Crippen LogP contribution is -2.51. The fraction of sp³-hybridized carbons (Fsp3) is 0.708. The molecule has 2 saturated heterocycles. The third-order valence-corrected chi connectivity index (χ3v) is 8.11. The van der Waals surface area contributed by atoms with E-state index in [-0.39, 0.29) is 12.1 Å². The Bertz CT molecular complexity index is 704. The second-order valence-electron chi connectivity index (χ2n) is 9.08. The minimum Gasteiger partial charge on any atom is -0.322 e. The molecule has 0 unspecified atom stereocenters. The molecular formula is C24H38Cl2N4OS. The van der Waals surface area contributed by atoms with Gasteiger partial charge in [-0.15, -0.1) is 11.8 Å². The molecule has 0 atom stereocenters. The number of likely N-dealkylation sites (tertiary alicyclic amines) is 2. The number of amides is 2. The summed E-state index contributed by atoms with van der Waals surface area (Å²) in [5, 5.41) is 1.14. The first kappa shape index (κ1) is 26.0. The first-order valence-corrected chi connectivity index (χ1v) is 13.8. The van der Waals surface area contributed by atoms with E-state index in [9.17, 15) is 4.79 Å². The molecule has 0 N–H and O–H groups in total. The highest BCUT2D eigenvalue weighted by atomic mass is 35.5. The highest BCUT2D eigenvalue weighted by Crippen LogP contribution is 2.28. The highest BCUT2D eigenvalue weighted by Gasteiger charge is 2.25. The van der Waals surface area contributed by atoms with Crippen LogP contribution >= 0.6 is 35.0 Å². The number of hydrogen-bond donors (Lipinski definition) is 0. The fourth-order valence-electron chi connectivity index (χ4n) is 4.42. The molecule has 0 bridgehead atoms. The number of hydrogen-bond acceptors (Lipinski definition) is 4. The van der Waals surface area contributed by atoms with Gasteiger partial charge < -0.3 is 19.6 Å². The van der Waals surface area contributed by atoms with Gasteiger partial charge in [-0.1, -0.05) is 23.2 Å². The normalized spacial score (nSPS) is 17.4. The van der Waals surface area contributed by atoms with Crippen LogP contribution in [-0.4, -0.2) is 96.3 Å². The first-order valence-electron chi connectivity index (χ1n) is 12.0. The molecule has 2 aliphatic rings. The lowest BCUT2D eigenvalue weighted by molar-refractivity contribution is 0.132. The van der Waals surface area contributed by atoms with Crippen LogP contribution in [-0.2, 0) is 0 Å². The summed E-state index contributed by atoms with van der Waals surface area (Å²) in [4.78, 5) is 23.8. The van der Waals surface area contributed by atoms with E-state index in [2.05, 4.69) is 28.5 Å². The Balaban J connectivity index is 1.57. The van der Waals surface area contributed by atoms with E-state index >= 15 is 0 Å². The summed E-state index contributed by atoms with van der Waals surface area (Å²) in [7, 11) is 0.